The van der Waals surface area contributed by atoms with Gasteiger partial charge in [0.05, 0.1) is 6.04 Å². The van der Waals surface area contributed by atoms with Gasteiger partial charge in [0.25, 0.3) is 0 Å². The minimum absolute atomic E-state index is 0.0420. The van der Waals surface area contributed by atoms with E-state index in [-0.39, 0.29) is 24.5 Å². The van der Waals surface area contributed by atoms with E-state index in [2.05, 4.69) is 13.8 Å². The lowest BCUT2D eigenvalue weighted by molar-refractivity contribution is -0.137. The average Bonchev–Trinajstić information content (AvgIpc) is 2.14. The molecule has 0 bridgehead atoms. The van der Waals surface area contributed by atoms with Crippen molar-refractivity contribution in [2.45, 2.75) is 53.0 Å². The zero-order chi connectivity index (χ0) is 12.4. The maximum Gasteiger partial charge on any atom is 0.303 e. The van der Waals surface area contributed by atoms with Crippen molar-refractivity contribution in [2.24, 2.45) is 11.7 Å². The molecule has 0 aromatic heterocycles. The second-order valence-corrected chi connectivity index (χ2v) is 3.80. The third kappa shape index (κ3) is 11.0. The summed E-state index contributed by atoms with van der Waals surface area (Å²) in [7, 11) is 0. The second-order valence-electron chi connectivity index (χ2n) is 3.80. The SMILES string of the molecule is CC(C)C(=O)C(N)CCC(=O)O.CCC. The summed E-state index contributed by atoms with van der Waals surface area (Å²) < 4.78 is 0. The van der Waals surface area contributed by atoms with E-state index in [1.165, 1.54) is 6.42 Å². The van der Waals surface area contributed by atoms with Crippen molar-refractivity contribution in [3.05, 3.63) is 0 Å². The highest BCUT2D eigenvalue weighted by molar-refractivity contribution is 5.85. The number of aliphatic carboxylic acids is 1. The topological polar surface area (TPSA) is 80.4 Å². The van der Waals surface area contributed by atoms with Crippen molar-refractivity contribution in [3.63, 3.8) is 0 Å². The Morgan fingerprint density at radius 2 is 1.67 bits per heavy atom. The van der Waals surface area contributed by atoms with Gasteiger partial charge in [0, 0.05) is 12.3 Å². The van der Waals surface area contributed by atoms with Crippen molar-refractivity contribution in [3.8, 4) is 0 Å². The number of rotatable bonds is 5. The van der Waals surface area contributed by atoms with Crippen molar-refractivity contribution in [1.29, 1.82) is 0 Å². The van der Waals surface area contributed by atoms with Gasteiger partial charge in [-0.3, -0.25) is 9.59 Å². The fourth-order valence-corrected chi connectivity index (χ4v) is 0.849. The van der Waals surface area contributed by atoms with Crippen LogP contribution in [0.25, 0.3) is 0 Å². The molecule has 90 valence electrons. The number of ketones is 1. The number of carbonyl (C=O) groups is 2. The summed E-state index contributed by atoms with van der Waals surface area (Å²) >= 11 is 0. The van der Waals surface area contributed by atoms with Gasteiger partial charge in [0.1, 0.15) is 0 Å². The molecule has 0 heterocycles. The van der Waals surface area contributed by atoms with Crippen LogP contribution >= 0.6 is 0 Å². The first-order chi connectivity index (χ1) is 6.86. The summed E-state index contributed by atoms with van der Waals surface area (Å²) in [6, 6.07) is -0.624. The largest absolute Gasteiger partial charge is 0.481 e. The Bertz CT molecular complexity index is 190. The molecule has 1 unspecified atom stereocenters. The molecule has 0 aromatic carbocycles. The number of carbonyl (C=O) groups excluding carboxylic acids is 1. The highest BCUT2D eigenvalue weighted by Crippen LogP contribution is 2.03. The van der Waals surface area contributed by atoms with Crippen LogP contribution in [0.5, 0.6) is 0 Å². The fraction of sp³-hybridized carbons (Fsp3) is 0.818. The van der Waals surface area contributed by atoms with Crippen LogP contribution in [0.4, 0.5) is 0 Å². The Hall–Kier alpha value is -0.900. The smallest absolute Gasteiger partial charge is 0.303 e. The standard InChI is InChI=1S/C8H15NO3.C3H8/c1-5(2)8(12)6(9)3-4-7(10)11;1-3-2/h5-6H,3-4,9H2,1-2H3,(H,10,11);3H2,1-2H3. The first-order valence-corrected chi connectivity index (χ1v) is 5.37. The fourth-order valence-electron chi connectivity index (χ4n) is 0.849. The number of carboxylic acids is 1. The summed E-state index contributed by atoms with van der Waals surface area (Å²) in [6.07, 6.45) is 1.44. The highest BCUT2D eigenvalue weighted by Gasteiger charge is 2.17. The molecule has 15 heavy (non-hydrogen) atoms. The molecule has 0 saturated carbocycles. The van der Waals surface area contributed by atoms with Gasteiger partial charge in [-0.15, -0.1) is 0 Å². The Kier molecular flexibility index (Phi) is 10.6. The predicted molar refractivity (Wildman–Crippen MR) is 60.7 cm³/mol. The number of carboxylic acid groups (broad SMARTS) is 1. The zero-order valence-electron chi connectivity index (χ0n) is 10.1. The first-order valence-electron chi connectivity index (χ1n) is 5.37. The number of hydrogen-bond acceptors (Lipinski definition) is 3. The van der Waals surface area contributed by atoms with Crippen LogP contribution in [-0.4, -0.2) is 22.9 Å². The van der Waals surface area contributed by atoms with Crippen molar-refractivity contribution in [1.82, 2.24) is 0 Å². The van der Waals surface area contributed by atoms with E-state index in [4.69, 9.17) is 10.8 Å². The number of hydrogen-bond donors (Lipinski definition) is 2. The Labute approximate surface area is 91.9 Å². The zero-order valence-corrected chi connectivity index (χ0v) is 10.1. The van der Waals surface area contributed by atoms with Crippen LogP contribution in [0.1, 0.15) is 47.0 Å². The second kappa shape index (κ2) is 9.65. The van der Waals surface area contributed by atoms with E-state index in [9.17, 15) is 9.59 Å². The molecule has 0 aromatic rings. The summed E-state index contributed by atoms with van der Waals surface area (Å²) in [6.45, 7) is 7.76. The Morgan fingerprint density at radius 1 is 1.27 bits per heavy atom. The van der Waals surface area contributed by atoms with E-state index >= 15 is 0 Å². The van der Waals surface area contributed by atoms with E-state index in [0.29, 0.717) is 0 Å². The molecule has 4 heteroatoms. The lowest BCUT2D eigenvalue weighted by Gasteiger charge is -2.10. The summed E-state index contributed by atoms with van der Waals surface area (Å²) in [5.74, 6) is -1.10. The lowest BCUT2D eigenvalue weighted by Crippen LogP contribution is -2.34. The molecule has 0 fully saturated rings. The van der Waals surface area contributed by atoms with Gasteiger partial charge < -0.3 is 10.8 Å². The van der Waals surface area contributed by atoms with E-state index in [1.54, 1.807) is 13.8 Å². The van der Waals surface area contributed by atoms with Gasteiger partial charge in [-0.1, -0.05) is 34.1 Å². The molecule has 0 rings (SSSR count). The molecule has 0 aliphatic carbocycles. The minimum Gasteiger partial charge on any atom is -0.481 e. The van der Waals surface area contributed by atoms with E-state index in [0.717, 1.165) is 0 Å². The van der Waals surface area contributed by atoms with Gasteiger partial charge in [-0.05, 0) is 6.42 Å². The normalized spacial score (nSPS) is 11.6. The molecule has 3 N–H and O–H groups in total. The third-order valence-corrected chi connectivity index (χ3v) is 1.60. The minimum atomic E-state index is -0.915. The van der Waals surface area contributed by atoms with Crippen LogP contribution in [0, 0.1) is 5.92 Å². The van der Waals surface area contributed by atoms with E-state index < -0.39 is 12.0 Å². The molecule has 1 atom stereocenters. The average molecular weight is 217 g/mol. The maximum absolute atomic E-state index is 11.1. The van der Waals surface area contributed by atoms with Crippen molar-refractivity contribution in [2.75, 3.05) is 0 Å². The number of nitrogens with two attached hydrogens (primary N) is 1. The van der Waals surface area contributed by atoms with Gasteiger partial charge in [0.2, 0.25) is 0 Å². The Balaban J connectivity index is 0. The van der Waals surface area contributed by atoms with Crippen molar-refractivity contribution < 1.29 is 14.7 Å². The van der Waals surface area contributed by atoms with Crippen molar-refractivity contribution >= 4 is 11.8 Å². The van der Waals surface area contributed by atoms with E-state index in [1.807, 2.05) is 0 Å². The van der Waals surface area contributed by atoms with Crippen LogP contribution in [0.3, 0.4) is 0 Å². The molecule has 0 aliphatic rings. The predicted octanol–water partition coefficient (Wildman–Crippen LogP) is 1.82. The van der Waals surface area contributed by atoms with Crippen LogP contribution in [-0.2, 0) is 9.59 Å². The highest BCUT2D eigenvalue weighted by atomic mass is 16.4. The van der Waals surface area contributed by atoms with Gasteiger partial charge >= 0.3 is 5.97 Å². The Morgan fingerprint density at radius 3 is 1.93 bits per heavy atom. The molecule has 0 amide bonds. The molecular weight excluding hydrogens is 194 g/mol. The summed E-state index contributed by atoms with van der Waals surface area (Å²) in [5, 5.41) is 8.32. The molecule has 0 spiro atoms. The van der Waals surface area contributed by atoms with Gasteiger partial charge in [-0.2, -0.15) is 0 Å². The molecule has 0 radical (unpaired) electrons. The maximum atomic E-state index is 11.1. The molecule has 0 saturated heterocycles. The van der Waals surface area contributed by atoms with Gasteiger partial charge in [0.15, 0.2) is 5.78 Å². The molecule has 4 nitrogen and oxygen atoms in total. The van der Waals surface area contributed by atoms with Crippen LogP contribution < -0.4 is 5.73 Å². The summed E-state index contributed by atoms with van der Waals surface area (Å²) in [4.78, 5) is 21.3. The molecular formula is C11H23NO3. The lowest BCUT2D eigenvalue weighted by atomic mass is 9.99. The summed E-state index contributed by atoms with van der Waals surface area (Å²) in [5.41, 5.74) is 5.45. The quantitative estimate of drug-likeness (QED) is 0.736. The van der Waals surface area contributed by atoms with Crippen LogP contribution in [0.2, 0.25) is 0 Å². The molecule has 0 aliphatic heterocycles. The first kappa shape index (κ1) is 16.5. The van der Waals surface area contributed by atoms with Crippen LogP contribution in [0.15, 0.2) is 0 Å². The third-order valence-electron chi connectivity index (χ3n) is 1.60. The van der Waals surface area contributed by atoms with Gasteiger partial charge in [-0.25, -0.2) is 0 Å². The number of Topliss-reactive ketones (excluding diaryl/α,β-unsaturated/α-hetero) is 1. The monoisotopic (exact) mass is 217 g/mol.